The second-order valence-electron chi connectivity index (χ2n) is 9.35. The number of nitrogens with zero attached hydrogens (tertiary/aromatic N) is 7. The van der Waals surface area contributed by atoms with E-state index in [-0.39, 0.29) is 0 Å². The van der Waals surface area contributed by atoms with Gasteiger partial charge in [-0.05, 0) is 39.8 Å². The molecule has 0 amide bonds. The lowest BCUT2D eigenvalue weighted by molar-refractivity contribution is 0.731. The van der Waals surface area contributed by atoms with Gasteiger partial charge in [-0.25, -0.2) is 15.0 Å². The fourth-order valence-electron chi connectivity index (χ4n) is 4.50. The molecule has 7 heteroatoms. The third kappa shape index (κ3) is 4.83. The zero-order chi connectivity index (χ0) is 26.8. The number of aromatic nitrogens is 5. The summed E-state index contributed by atoms with van der Waals surface area (Å²) in [5.74, 6) is 0. The van der Waals surface area contributed by atoms with E-state index in [4.69, 9.17) is 15.0 Å². The van der Waals surface area contributed by atoms with Gasteiger partial charge in [0.05, 0.1) is 45.6 Å². The Morgan fingerprint density at radius 1 is 0.553 bits per heavy atom. The van der Waals surface area contributed by atoms with Crippen molar-refractivity contribution in [3.05, 3.63) is 124 Å². The topological polar surface area (TPSA) is 73.2 Å². The van der Waals surface area contributed by atoms with Crippen LogP contribution in [0.2, 0.25) is 0 Å². The van der Waals surface area contributed by atoms with Gasteiger partial charge in [0.25, 0.3) is 0 Å². The quantitative estimate of drug-likeness (QED) is 0.263. The average Bonchev–Trinajstić information content (AvgIpc) is 3.32. The van der Waals surface area contributed by atoms with Crippen LogP contribution >= 0.6 is 0 Å². The van der Waals surface area contributed by atoms with Gasteiger partial charge < -0.3 is 0 Å². The van der Waals surface area contributed by atoms with Gasteiger partial charge >= 0.3 is 0 Å². The van der Waals surface area contributed by atoms with Crippen LogP contribution in [-0.2, 0) is 14.1 Å². The molecule has 0 saturated carbocycles. The Kier molecular flexibility index (Phi) is 6.83. The maximum atomic E-state index is 5.13. The monoisotopic (exact) mass is 501 g/mol. The van der Waals surface area contributed by atoms with Crippen LogP contribution in [0.1, 0.15) is 45.3 Å². The Hall–Kier alpha value is -4.65. The molecule has 0 atom stereocenters. The lowest BCUT2D eigenvalue weighted by Gasteiger charge is -2.11. The molecule has 5 aromatic rings. The number of hydrogen-bond donors (Lipinski definition) is 0. The molecule has 0 unspecified atom stereocenters. The predicted octanol–water partition coefficient (Wildman–Crippen LogP) is 6.12. The number of rotatable bonds is 6. The van der Waals surface area contributed by atoms with Crippen molar-refractivity contribution in [1.82, 2.24) is 24.5 Å². The van der Waals surface area contributed by atoms with Crippen LogP contribution in [0.3, 0.4) is 0 Å². The van der Waals surface area contributed by atoms with Crippen LogP contribution in [0.25, 0.3) is 0 Å². The first-order chi connectivity index (χ1) is 18.3. The van der Waals surface area contributed by atoms with E-state index < -0.39 is 0 Å². The van der Waals surface area contributed by atoms with Gasteiger partial charge in [-0.2, -0.15) is 10.2 Å². The highest BCUT2D eigenvalue weighted by atomic mass is 15.3. The molecule has 0 N–H and O–H groups in total. The standard InChI is InChI=1S/C31H31N7/c1-20-28(22(3)37(5)35-20)33-30(24-14-9-7-10-15-24)26-18-13-19-27(32-26)31(25-16-11-8-12-17-25)34-29-21(2)36-38(6)23(29)4/h7-19H,1-6H3/b33-30+,34-31+. The summed E-state index contributed by atoms with van der Waals surface area (Å²) in [5.41, 5.74) is 10.5. The Morgan fingerprint density at radius 3 is 1.29 bits per heavy atom. The van der Waals surface area contributed by atoms with E-state index in [9.17, 15) is 0 Å². The molecular weight excluding hydrogens is 470 g/mol. The number of hydrogen-bond acceptors (Lipinski definition) is 5. The summed E-state index contributed by atoms with van der Waals surface area (Å²) >= 11 is 0. The highest BCUT2D eigenvalue weighted by molar-refractivity contribution is 6.16. The smallest absolute Gasteiger partial charge is 0.108 e. The maximum Gasteiger partial charge on any atom is 0.108 e. The predicted molar refractivity (Wildman–Crippen MR) is 153 cm³/mol. The van der Waals surface area contributed by atoms with Gasteiger partial charge in [-0.3, -0.25) is 9.36 Å². The van der Waals surface area contributed by atoms with Gasteiger partial charge in [-0.1, -0.05) is 66.7 Å². The van der Waals surface area contributed by atoms with Crippen molar-refractivity contribution in [3.8, 4) is 0 Å². The third-order valence-electron chi connectivity index (χ3n) is 6.72. The van der Waals surface area contributed by atoms with E-state index in [2.05, 4.69) is 34.5 Å². The summed E-state index contributed by atoms with van der Waals surface area (Å²) in [6.45, 7) is 8.03. The Morgan fingerprint density at radius 2 is 0.947 bits per heavy atom. The second kappa shape index (κ2) is 10.4. The SMILES string of the molecule is Cc1nn(C)c(C)c1/N=C(\c1ccccc1)c1cccc(/C(=N/c2c(C)nn(C)c2C)c2ccccc2)n1. The van der Waals surface area contributed by atoms with Crippen molar-refractivity contribution in [2.45, 2.75) is 27.7 Å². The molecule has 0 aliphatic carbocycles. The number of pyridine rings is 1. The maximum absolute atomic E-state index is 5.13. The van der Waals surface area contributed by atoms with Gasteiger partial charge in [0.15, 0.2) is 0 Å². The number of aliphatic imine (C=N–C) groups is 2. The minimum absolute atomic E-state index is 0.764. The van der Waals surface area contributed by atoms with Crippen LogP contribution in [0, 0.1) is 27.7 Å². The second-order valence-corrected chi connectivity index (χ2v) is 9.35. The molecule has 2 aromatic carbocycles. The lowest BCUT2D eigenvalue weighted by Crippen LogP contribution is -2.12. The lowest BCUT2D eigenvalue weighted by atomic mass is 10.0. The molecule has 0 aliphatic rings. The molecule has 0 aliphatic heterocycles. The molecule has 7 nitrogen and oxygen atoms in total. The minimum atomic E-state index is 0.764. The first kappa shape index (κ1) is 25.0. The van der Waals surface area contributed by atoms with Crippen molar-refractivity contribution in [2.75, 3.05) is 0 Å². The Bertz CT molecular complexity index is 1530. The van der Waals surface area contributed by atoms with Crippen molar-refractivity contribution in [1.29, 1.82) is 0 Å². The van der Waals surface area contributed by atoms with Crippen LogP contribution in [0.15, 0.2) is 88.8 Å². The molecule has 0 bridgehead atoms. The highest BCUT2D eigenvalue weighted by Crippen LogP contribution is 2.27. The third-order valence-corrected chi connectivity index (χ3v) is 6.72. The summed E-state index contributed by atoms with van der Waals surface area (Å²) < 4.78 is 3.72. The first-order valence-corrected chi connectivity index (χ1v) is 12.6. The zero-order valence-electron chi connectivity index (χ0n) is 22.6. The molecule has 0 saturated heterocycles. The van der Waals surface area contributed by atoms with Crippen molar-refractivity contribution < 1.29 is 0 Å². The molecule has 3 aromatic heterocycles. The zero-order valence-corrected chi connectivity index (χ0v) is 22.6. The fraction of sp³-hybridized carbons (Fsp3) is 0.194. The normalized spacial score (nSPS) is 12.3. The number of aryl methyl sites for hydroxylation is 4. The van der Waals surface area contributed by atoms with E-state index >= 15 is 0 Å². The Labute approximate surface area is 223 Å². The van der Waals surface area contributed by atoms with Crippen LogP contribution < -0.4 is 0 Å². The minimum Gasteiger partial charge on any atom is -0.270 e. The van der Waals surface area contributed by atoms with E-state index in [0.29, 0.717) is 0 Å². The van der Waals surface area contributed by atoms with E-state index in [1.54, 1.807) is 0 Å². The molecule has 190 valence electrons. The summed E-state index contributed by atoms with van der Waals surface area (Å²) in [5, 5.41) is 9.13. The summed E-state index contributed by atoms with van der Waals surface area (Å²) in [6.07, 6.45) is 0. The molecule has 38 heavy (non-hydrogen) atoms. The van der Waals surface area contributed by atoms with E-state index in [0.717, 1.165) is 68.1 Å². The summed E-state index contributed by atoms with van der Waals surface area (Å²) in [7, 11) is 3.88. The largest absolute Gasteiger partial charge is 0.270 e. The van der Waals surface area contributed by atoms with Crippen LogP contribution in [0.4, 0.5) is 11.4 Å². The Balaban J connectivity index is 1.72. The van der Waals surface area contributed by atoms with Crippen molar-refractivity contribution in [2.24, 2.45) is 24.1 Å². The molecule has 0 fully saturated rings. The van der Waals surface area contributed by atoms with Crippen LogP contribution in [0.5, 0.6) is 0 Å². The summed E-state index contributed by atoms with van der Waals surface area (Å²) in [4.78, 5) is 15.4. The summed E-state index contributed by atoms with van der Waals surface area (Å²) in [6, 6.07) is 26.3. The van der Waals surface area contributed by atoms with E-state index in [1.165, 1.54) is 0 Å². The molecule has 0 spiro atoms. The van der Waals surface area contributed by atoms with Gasteiger partial charge in [0.2, 0.25) is 0 Å². The number of benzene rings is 2. The first-order valence-electron chi connectivity index (χ1n) is 12.6. The molecule has 0 radical (unpaired) electrons. The highest BCUT2D eigenvalue weighted by Gasteiger charge is 2.18. The van der Waals surface area contributed by atoms with E-state index in [1.807, 2.05) is 106 Å². The van der Waals surface area contributed by atoms with Gasteiger partial charge in [-0.15, -0.1) is 0 Å². The van der Waals surface area contributed by atoms with Gasteiger partial charge in [0.1, 0.15) is 11.4 Å². The average molecular weight is 502 g/mol. The fourth-order valence-corrected chi connectivity index (χ4v) is 4.50. The van der Waals surface area contributed by atoms with Gasteiger partial charge in [0, 0.05) is 25.2 Å². The molecular formula is C31H31N7. The van der Waals surface area contributed by atoms with Crippen molar-refractivity contribution in [3.63, 3.8) is 0 Å². The van der Waals surface area contributed by atoms with Crippen molar-refractivity contribution >= 4 is 22.8 Å². The van der Waals surface area contributed by atoms with Crippen LogP contribution in [-0.4, -0.2) is 36.0 Å². The molecule has 3 heterocycles. The molecule has 5 rings (SSSR count).